The summed E-state index contributed by atoms with van der Waals surface area (Å²) >= 11 is 3.94. The number of anilines is 2. The number of fused-ring (bicyclic) bond motifs is 4. The normalized spacial score (nSPS) is 35.5. The van der Waals surface area contributed by atoms with Gasteiger partial charge in [0.25, 0.3) is 5.56 Å². The molecule has 0 aromatic carbocycles. The summed E-state index contributed by atoms with van der Waals surface area (Å²) in [5.41, 5.74) is 10.6. The fourth-order valence-corrected chi connectivity index (χ4v) is 7.72. The molecular weight excluding hydrogens is 671 g/mol. The third-order valence-corrected chi connectivity index (χ3v) is 9.89. The van der Waals surface area contributed by atoms with Crippen LogP contribution in [0.4, 0.5) is 20.5 Å². The standard InChI is InChI=1S/C20H22F2N11O9PS2/c21-8-12-6(39-18(8)32-4-27-10-14(23)25-3-26-15(10)32)1-29-45(36,37)42-13-7(2-38-43(35,44)41-12)40-19(9(13)22)33-5-28-11-16(33)30-20(24)31-17(11)34/h3-9,12-13,18-19,29H,1-2H2,(H,35,44)(H2,23,25,26)(H3,24,30,31,34)/t6-,7-,8-,9-,12-,13-,18-,19-,43+/m1/s1. The maximum Gasteiger partial charge on any atom is 0.386 e. The van der Waals surface area contributed by atoms with Gasteiger partial charge in [-0.2, -0.15) is 18.1 Å². The number of nitrogens with zero attached hydrogens (tertiary/aromatic N) is 7. The van der Waals surface area contributed by atoms with Crippen molar-refractivity contribution in [3.63, 3.8) is 0 Å². The highest BCUT2D eigenvalue weighted by Gasteiger charge is 2.53. The van der Waals surface area contributed by atoms with Crippen molar-refractivity contribution in [3.8, 4) is 0 Å². The lowest BCUT2D eigenvalue weighted by Gasteiger charge is -2.26. The van der Waals surface area contributed by atoms with Crippen LogP contribution in [0.1, 0.15) is 12.5 Å². The average Bonchev–Trinajstić information content (AvgIpc) is 3.72. The van der Waals surface area contributed by atoms with E-state index in [2.05, 4.69) is 46.9 Å². The minimum Gasteiger partial charge on any atom is -0.382 e. The van der Waals surface area contributed by atoms with Gasteiger partial charge in [0.2, 0.25) is 5.95 Å². The number of aromatic amines is 1. The quantitative estimate of drug-likeness (QED) is 0.128. The molecule has 25 heteroatoms. The summed E-state index contributed by atoms with van der Waals surface area (Å²) in [5, 5.41) is 0. The number of H-pyrrole nitrogens is 1. The number of thiol groups is 1. The Morgan fingerprint density at radius 3 is 2.40 bits per heavy atom. The molecular formula is C20H22F2N11O9PS2. The van der Waals surface area contributed by atoms with Gasteiger partial charge in [0, 0.05) is 6.54 Å². The van der Waals surface area contributed by atoms with E-state index in [0.717, 1.165) is 17.2 Å². The maximum atomic E-state index is 15.9. The highest BCUT2D eigenvalue weighted by atomic mass is 32.7. The monoisotopic (exact) mass is 693 g/mol. The third-order valence-electron chi connectivity index (χ3n) is 7.28. The van der Waals surface area contributed by atoms with Gasteiger partial charge in [0.1, 0.15) is 36.3 Å². The van der Waals surface area contributed by atoms with Gasteiger partial charge in [-0.05, 0) is 0 Å². The number of rotatable bonds is 2. The lowest BCUT2D eigenvalue weighted by Crippen LogP contribution is -2.44. The van der Waals surface area contributed by atoms with Crippen LogP contribution in [-0.2, 0) is 37.6 Å². The van der Waals surface area contributed by atoms with E-state index in [0.29, 0.717) is 0 Å². The van der Waals surface area contributed by atoms with Gasteiger partial charge in [-0.3, -0.25) is 28.0 Å². The second kappa shape index (κ2) is 10.9. The molecule has 0 amide bonds. The number of nitrogen functional groups attached to an aromatic ring is 2. The first kappa shape index (κ1) is 30.3. The number of hydrogen-bond acceptors (Lipinski definition) is 16. The summed E-state index contributed by atoms with van der Waals surface area (Å²) in [7, 11) is -4.79. The van der Waals surface area contributed by atoms with Crippen LogP contribution in [0.25, 0.3) is 22.3 Å². The second-order valence-electron chi connectivity index (χ2n) is 10.1. The molecule has 3 aliphatic rings. The van der Waals surface area contributed by atoms with Crippen LogP contribution in [0.3, 0.4) is 0 Å². The Bertz CT molecular complexity index is 2010. The molecule has 7 heterocycles. The first-order valence-corrected chi connectivity index (χ1v) is 17.0. The third kappa shape index (κ3) is 5.34. The van der Waals surface area contributed by atoms with Crippen LogP contribution >= 0.6 is 19.0 Å². The van der Waals surface area contributed by atoms with Crippen LogP contribution < -0.4 is 21.7 Å². The van der Waals surface area contributed by atoms with E-state index in [-0.39, 0.29) is 34.1 Å². The summed E-state index contributed by atoms with van der Waals surface area (Å²) in [6.45, 7) is -5.94. The number of alkyl halides is 2. The Hall–Kier alpha value is -3.35. The van der Waals surface area contributed by atoms with Gasteiger partial charge in [-0.15, -0.1) is 0 Å². The minimum absolute atomic E-state index is 0.0181. The zero-order valence-corrected chi connectivity index (χ0v) is 24.9. The van der Waals surface area contributed by atoms with Gasteiger partial charge in [0.05, 0.1) is 19.3 Å². The van der Waals surface area contributed by atoms with E-state index in [9.17, 15) is 17.8 Å². The van der Waals surface area contributed by atoms with Crippen LogP contribution in [0.15, 0.2) is 23.8 Å². The Balaban J connectivity index is 1.17. The van der Waals surface area contributed by atoms with E-state index in [1.54, 1.807) is 0 Å². The topological polar surface area (TPSA) is 269 Å². The minimum atomic E-state index is -4.79. The molecule has 7 rings (SSSR count). The Morgan fingerprint density at radius 1 is 0.978 bits per heavy atom. The van der Waals surface area contributed by atoms with Crippen molar-refractivity contribution in [3.05, 3.63) is 29.3 Å². The molecule has 0 saturated carbocycles. The van der Waals surface area contributed by atoms with Gasteiger partial charge in [-0.1, -0.05) is 12.2 Å². The first-order valence-electron chi connectivity index (χ1n) is 12.9. The highest BCUT2D eigenvalue weighted by Crippen LogP contribution is 2.57. The molecule has 45 heavy (non-hydrogen) atoms. The Kier molecular flexibility index (Phi) is 7.33. The van der Waals surface area contributed by atoms with Gasteiger partial charge >= 0.3 is 17.1 Å². The number of ether oxygens (including phenoxy) is 2. The number of nitrogens with one attached hydrogen (secondary N) is 2. The molecule has 242 valence electrons. The summed E-state index contributed by atoms with van der Waals surface area (Å²) in [6, 6.07) is 0. The molecule has 3 fully saturated rings. The van der Waals surface area contributed by atoms with E-state index >= 15 is 8.78 Å². The summed E-state index contributed by atoms with van der Waals surface area (Å²) in [6.07, 6.45) is -10.7. The second-order valence-corrected chi connectivity index (χ2v) is 14.3. The van der Waals surface area contributed by atoms with E-state index < -0.39 is 85.0 Å². The molecule has 4 aromatic heterocycles. The summed E-state index contributed by atoms with van der Waals surface area (Å²) in [5.74, 6) is -0.280. The smallest absolute Gasteiger partial charge is 0.382 e. The van der Waals surface area contributed by atoms with Crippen LogP contribution in [0.5, 0.6) is 0 Å². The number of halogens is 2. The van der Waals surface area contributed by atoms with Crippen molar-refractivity contribution < 1.29 is 44.5 Å². The lowest BCUT2D eigenvalue weighted by molar-refractivity contribution is -0.0434. The fraction of sp³-hybridized carbons (Fsp3) is 0.500. The SMILES string of the molecule is Nc1nc2c(ncn2[C@@H]2O[C@@H]3CO[P@](=O)(S)O[C@H]4[C@@H](F)[C@H](n5cnc6c(N)ncnc65)O[C@@H]4CNS(=O)(=O)O[C@H]3[C@H]2F)c(=O)[nH]1. The lowest BCUT2D eigenvalue weighted by atomic mass is 10.1. The van der Waals surface area contributed by atoms with Crippen molar-refractivity contribution in [2.45, 2.75) is 49.2 Å². The van der Waals surface area contributed by atoms with Gasteiger partial charge < -0.3 is 20.9 Å². The molecule has 3 aliphatic heterocycles. The molecule has 0 spiro atoms. The number of aromatic nitrogens is 8. The van der Waals surface area contributed by atoms with Crippen molar-refractivity contribution in [1.82, 2.24) is 43.8 Å². The largest absolute Gasteiger partial charge is 0.386 e. The number of nitrogens with two attached hydrogens (primary N) is 2. The van der Waals surface area contributed by atoms with Crippen molar-refractivity contribution >= 4 is 63.4 Å². The number of hydrogen-bond donors (Lipinski definition) is 5. The van der Waals surface area contributed by atoms with Crippen molar-refractivity contribution in [2.24, 2.45) is 0 Å². The van der Waals surface area contributed by atoms with Crippen LogP contribution in [0.2, 0.25) is 0 Å². The molecule has 4 aromatic rings. The predicted molar refractivity (Wildman–Crippen MR) is 149 cm³/mol. The molecule has 20 nitrogen and oxygen atoms in total. The number of imidazole rings is 2. The van der Waals surface area contributed by atoms with E-state index in [4.69, 9.17) is 34.2 Å². The maximum absolute atomic E-state index is 15.9. The van der Waals surface area contributed by atoms with Crippen molar-refractivity contribution in [2.75, 3.05) is 24.6 Å². The highest BCUT2D eigenvalue weighted by molar-refractivity contribution is 8.44. The molecule has 3 saturated heterocycles. The zero-order chi connectivity index (χ0) is 31.8. The molecule has 0 radical (unpaired) electrons. The van der Waals surface area contributed by atoms with Crippen LogP contribution in [-0.4, -0.2) is 97.4 Å². The molecule has 6 N–H and O–H groups in total. The predicted octanol–water partition coefficient (Wildman–Crippen LogP) is -0.732. The molecule has 0 bridgehead atoms. The summed E-state index contributed by atoms with van der Waals surface area (Å²) < 4.78 is 103. The molecule has 9 atom stereocenters. The van der Waals surface area contributed by atoms with Gasteiger partial charge in [-0.25, -0.2) is 37.5 Å². The fourth-order valence-electron chi connectivity index (χ4n) is 5.28. The average molecular weight is 694 g/mol. The molecule has 0 unspecified atom stereocenters. The Morgan fingerprint density at radius 2 is 1.64 bits per heavy atom. The van der Waals surface area contributed by atoms with E-state index in [1.807, 2.05) is 0 Å². The van der Waals surface area contributed by atoms with Gasteiger partial charge in [0.15, 0.2) is 47.4 Å². The first-order chi connectivity index (χ1) is 21.3. The zero-order valence-electron chi connectivity index (χ0n) is 22.3. The van der Waals surface area contributed by atoms with E-state index in [1.165, 1.54) is 10.9 Å². The van der Waals surface area contributed by atoms with Crippen LogP contribution in [0, 0.1) is 0 Å². The summed E-state index contributed by atoms with van der Waals surface area (Å²) in [4.78, 5) is 34.2. The Labute approximate surface area is 254 Å². The molecule has 0 aliphatic carbocycles. The van der Waals surface area contributed by atoms with Crippen molar-refractivity contribution in [1.29, 1.82) is 0 Å².